The molecule has 5 rings (SSSR count). The van der Waals surface area contributed by atoms with Crippen LogP contribution >= 0.6 is 22.9 Å². The van der Waals surface area contributed by atoms with Crippen molar-refractivity contribution in [2.45, 2.75) is 59.3 Å². The second kappa shape index (κ2) is 11.7. The first kappa shape index (κ1) is 29.5. The first-order valence-electron chi connectivity index (χ1n) is 14.0. The molecular formula is C32H37ClN4O3S. The number of halogens is 1. The summed E-state index contributed by atoms with van der Waals surface area (Å²) in [6, 6.07) is 16.1. The zero-order valence-electron chi connectivity index (χ0n) is 24.4. The van der Waals surface area contributed by atoms with Crippen molar-refractivity contribution in [3.63, 3.8) is 0 Å². The summed E-state index contributed by atoms with van der Waals surface area (Å²) in [4.78, 5) is 27.4. The molecular weight excluding hydrogens is 556 g/mol. The fourth-order valence-electron chi connectivity index (χ4n) is 5.33. The van der Waals surface area contributed by atoms with Gasteiger partial charge in [0.2, 0.25) is 0 Å². The molecule has 0 saturated carbocycles. The molecule has 1 saturated heterocycles. The third-order valence-electron chi connectivity index (χ3n) is 7.34. The quantitative estimate of drug-likeness (QED) is 0.239. The number of anilines is 1. The highest BCUT2D eigenvalue weighted by Crippen LogP contribution is 2.44. The van der Waals surface area contributed by atoms with Gasteiger partial charge in [0.25, 0.3) is 0 Å². The maximum atomic E-state index is 12.6. The molecule has 7 nitrogen and oxygen atoms in total. The largest absolute Gasteiger partial charge is 0.479 e. The van der Waals surface area contributed by atoms with Crippen LogP contribution in [-0.2, 0) is 9.53 Å². The summed E-state index contributed by atoms with van der Waals surface area (Å²) < 4.78 is 7.03. The number of carbonyl (C=O) groups is 1. The lowest BCUT2D eigenvalue weighted by molar-refractivity contribution is -0.160. The van der Waals surface area contributed by atoms with E-state index in [9.17, 15) is 9.90 Å². The Balaban J connectivity index is 1.62. The topological polar surface area (TPSA) is 78.8 Å². The highest BCUT2D eigenvalue weighted by atomic mass is 35.5. The Morgan fingerprint density at radius 1 is 1.05 bits per heavy atom. The zero-order chi connectivity index (χ0) is 29.5. The molecule has 1 N–H and O–H groups in total. The number of aromatic nitrogens is 2. The monoisotopic (exact) mass is 592 g/mol. The second-order valence-electron chi connectivity index (χ2n) is 11.8. The van der Waals surface area contributed by atoms with E-state index in [0.29, 0.717) is 16.6 Å². The Kier molecular flexibility index (Phi) is 8.39. The van der Waals surface area contributed by atoms with Crippen LogP contribution in [0.1, 0.15) is 51.8 Å². The second-order valence-corrected chi connectivity index (χ2v) is 13.2. The molecule has 2 aromatic carbocycles. The van der Waals surface area contributed by atoms with Crippen LogP contribution < -0.4 is 4.90 Å². The van der Waals surface area contributed by atoms with Crippen LogP contribution in [0.3, 0.4) is 0 Å². The van der Waals surface area contributed by atoms with E-state index in [4.69, 9.17) is 26.3 Å². The third-order valence-corrected chi connectivity index (χ3v) is 8.70. The fraction of sp³-hybridized carbons (Fsp3) is 0.406. The molecule has 0 radical (unpaired) electrons. The van der Waals surface area contributed by atoms with Gasteiger partial charge in [-0.25, -0.2) is 14.8 Å². The molecule has 1 fully saturated rings. The van der Waals surface area contributed by atoms with E-state index in [1.54, 1.807) is 0 Å². The molecule has 1 atom stereocenters. The normalized spacial score (nSPS) is 15.6. The van der Waals surface area contributed by atoms with Gasteiger partial charge < -0.3 is 14.7 Å². The predicted octanol–water partition coefficient (Wildman–Crippen LogP) is 7.46. The minimum atomic E-state index is -1.15. The first-order chi connectivity index (χ1) is 19.4. The number of aliphatic carboxylic acids is 1. The average molecular weight is 593 g/mol. The number of carboxylic acid groups (broad SMARTS) is 1. The molecule has 4 aromatic rings. The Labute approximate surface area is 250 Å². The summed E-state index contributed by atoms with van der Waals surface area (Å²) in [6.07, 6.45) is -1.15. The van der Waals surface area contributed by atoms with Crippen LogP contribution in [-0.4, -0.2) is 63.8 Å². The number of piperazine rings is 1. The Bertz CT molecular complexity index is 1550. The molecule has 216 valence electrons. The van der Waals surface area contributed by atoms with E-state index < -0.39 is 17.7 Å². The van der Waals surface area contributed by atoms with Crippen molar-refractivity contribution in [1.82, 2.24) is 14.9 Å². The summed E-state index contributed by atoms with van der Waals surface area (Å²) in [7, 11) is 0. The third kappa shape index (κ3) is 6.41. The standard InChI is InChI=1S/C32H37ClN4O3S/c1-19(2)36-14-16-37(17-15-36)25-9-7-8-23(34-25)30-35-24-18-20(3)26(28(31(38)39)40-32(4,5)6)27(29(24)41-30)21-10-12-22(33)13-11-21/h7-13,18-19,28H,14-17H2,1-6H3,(H,38,39). The van der Waals surface area contributed by atoms with Gasteiger partial charge in [-0.3, -0.25) is 4.90 Å². The van der Waals surface area contributed by atoms with Crippen LogP contribution in [0.2, 0.25) is 5.02 Å². The Morgan fingerprint density at radius 2 is 1.73 bits per heavy atom. The Hall–Kier alpha value is -3.04. The van der Waals surface area contributed by atoms with E-state index in [-0.39, 0.29) is 0 Å². The number of hydrogen-bond acceptors (Lipinski definition) is 7. The van der Waals surface area contributed by atoms with Crippen LogP contribution in [0.25, 0.3) is 32.0 Å². The first-order valence-corrected chi connectivity index (χ1v) is 15.2. The number of fused-ring (bicyclic) bond motifs is 1. The van der Waals surface area contributed by atoms with Crippen LogP contribution in [0.5, 0.6) is 0 Å². The smallest absolute Gasteiger partial charge is 0.337 e. The molecule has 2 aromatic heterocycles. The number of carboxylic acids is 1. The van der Waals surface area contributed by atoms with Gasteiger partial charge in [0, 0.05) is 48.4 Å². The van der Waals surface area contributed by atoms with E-state index in [1.807, 2.05) is 70.2 Å². The summed E-state index contributed by atoms with van der Waals surface area (Å²) >= 11 is 7.76. The van der Waals surface area contributed by atoms with E-state index in [2.05, 4.69) is 29.7 Å². The SMILES string of the molecule is Cc1cc2nc(-c3cccc(N4CCN(C(C)C)CC4)n3)sc2c(-c2ccc(Cl)cc2)c1C(OC(C)(C)C)C(=O)O. The van der Waals surface area contributed by atoms with Crippen LogP contribution in [0.15, 0.2) is 48.5 Å². The number of aryl methyl sites for hydroxylation is 1. The van der Waals surface area contributed by atoms with Crippen molar-refractivity contribution >= 4 is 44.9 Å². The number of thiazole rings is 1. The maximum absolute atomic E-state index is 12.6. The number of benzene rings is 2. The van der Waals surface area contributed by atoms with Gasteiger partial charge in [0.1, 0.15) is 16.5 Å². The summed E-state index contributed by atoms with van der Waals surface area (Å²) in [6.45, 7) is 15.9. The molecule has 0 amide bonds. The minimum absolute atomic E-state index is 0.539. The van der Waals surface area contributed by atoms with Crippen LogP contribution in [0.4, 0.5) is 5.82 Å². The molecule has 9 heteroatoms. The molecule has 41 heavy (non-hydrogen) atoms. The molecule has 1 aliphatic heterocycles. The summed E-state index contributed by atoms with van der Waals surface area (Å²) in [5, 5.41) is 11.7. The van der Waals surface area contributed by atoms with Gasteiger partial charge in [-0.05, 0) is 83.0 Å². The van der Waals surface area contributed by atoms with Crippen molar-refractivity contribution in [2.75, 3.05) is 31.1 Å². The summed E-state index contributed by atoms with van der Waals surface area (Å²) in [5.74, 6) is -0.0845. The van der Waals surface area contributed by atoms with E-state index in [1.165, 1.54) is 11.3 Å². The van der Waals surface area contributed by atoms with Gasteiger partial charge in [-0.1, -0.05) is 29.8 Å². The van der Waals surface area contributed by atoms with Gasteiger partial charge in [-0.2, -0.15) is 0 Å². The van der Waals surface area contributed by atoms with Crippen molar-refractivity contribution in [3.05, 3.63) is 64.7 Å². The number of hydrogen-bond donors (Lipinski definition) is 1. The molecule has 0 bridgehead atoms. The number of rotatable bonds is 7. The van der Waals surface area contributed by atoms with Gasteiger partial charge >= 0.3 is 5.97 Å². The molecule has 0 aliphatic carbocycles. The maximum Gasteiger partial charge on any atom is 0.337 e. The minimum Gasteiger partial charge on any atom is -0.479 e. The van der Waals surface area contributed by atoms with Gasteiger partial charge in [-0.15, -0.1) is 11.3 Å². The Morgan fingerprint density at radius 3 is 2.34 bits per heavy atom. The highest BCUT2D eigenvalue weighted by molar-refractivity contribution is 7.22. The van der Waals surface area contributed by atoms with Gasteiger partial charge in [0.05, 0.1) is 15.8 Å². The molecule has 0 spiro atoms. The summed E-state index contributed by atoms with van der Waals surface area (Å²) in [5.41, 5.74) is 4.04. The number of nitrogens with zero attached hydrogens (tertiary/aromatic N) is 4. The predicted molar refractivity (Wildman–Crippen MR) is 168 cm³/mol. The lowest BCUT2D eigenvalue weighted by Gasteiger charge is -2.37. The van der Waals surface area contributed by atoms with E-state index in [0.717, 1.165) is 69.6 Å². The van der Waals surface area contributed by atoms with Gasteiger partial charge in [0.15, 0.2) is 6.10 Å². The van der Waals surface area contributed by atoms with E-state index >= 15 is 0 Å². The van der Waals surface area contributed by atoms with Crippen molar-refractivity contribution < 1.29 is 14.6 Å². The fourth-order valence-corrected chi connectivity index (χ4v) is 6.55. The lowest BCUT2D eigenvalue weighted by atomic mass is 9.91. The van der Waals surface area contributed by atoms with Crippen molar-refractivity contribution in [2.24, 2.45) is 0 Å². The van der Waals surface area contributed by atoms with Crippen LogP contribution in [0, 0.1) is 6.92 Å². The highest BCUT2D eigenvalue weighted by Gasteiger charge is 2.32. The lowest BCUT2D eigenvalue weighted by Crippen LogP contribution is -2.49. The number of pyridine rings is 1. The molecule has 1 aliphatic rings. The average Bonchev–Trinajstić information content (AvgIpc) is 3.35. The molecule has 1 unspecified atom stereocenters. The number of ether oxygens (including phenoxy) is 1. The molecule has 3 heterocycles. The van der Waals surface area contributed by atoms with Crippen molar-refractivity contribution in [1.29, 1.82) is 0 Å². The zero-order valence-corrected chi connectivity index (χ0v) is 26.0. The van der Waals surface area contributed by atoms with Crippen molar-refractivity contribution in [3.8, 4) is 21.8 Å².